The summed E-state index contributed by atoms with van der Waals surface area (Å²) >= 11 is 0. The highest BCUT2D eigenvalue weighted by Crippen LogP contribution is 2.56. The van der Waals surface area contributed by atoms with E-state index in [4.69, 9.17) is 0 Å². The van der Waals surface area contributed by atoms with Crippen LogP contribution >= 0.6 is 9.24 Å². The van der Waals surface area contributed by atoms with Gasteiger partial charge in [-0.25, -0.2) is 0 Å². The first-order valence-corrected chi connectivity index (χ1v) is 4.73. The summed E-state index contributed by atoms with van der Waals surface area (Å²) in [5.41, 5.74) is 0.672. The second kappa shape index (κ2) is 2.21. The Hall–Kier alpha value is 0.430. The Bertz CT molecular complexity index is 123. The minimum atomic E-state index is 0.422. The van der Waals surface area contributed by atoms with Crippen molar-refractivity contribution >= 4 is 9.24 Å². The van der Waals surface area contributed by atoms with Crippen molar-refractivity contribution in [2.45, 2.75) is 45.7 Å². The SMILES string of the molecule is CC(C(C)(C)P)C1(C)CC1. The van der Waals surface area contributed by atoms with Crippen LogP contribution in [0.25, 0.3) is 0 Å². The molecule has 1 fully saturated rings. The highest BCUT2D eigenvalue weighted by molar-refractivity contribution is 7.18. The summed E-state index contributed by atoms with van der Waals surface area (Å²) in [6.45, 7) is 9.40. The van der Waals surface area contributed by atoms with E-state index in [-0.39, 0.29) is 0 Å². The van der Waals surface area contributed by atoms with Crippen LogP contribution in [0.5, 0.6) is 0 Å². The maximum absolute atomic E-state index is 2.96. The highest BCUT2D eigenvalue weighted by Gasteiger charge is 2.46. The fraction of sp³-hybridized carbons (Fsp3) is 1.00. The van der Waals surface area contributed by atoms with Crippen molar-refractivity contribution in [2.75, 3.05) is 0 Å². The zero-order valence-corrected chi connectivity index (χ0v) is 8.72. The van der Waals surface area contributed by atoms with E-state index in [1.165, 1.54) is 12.8 Å². The van der Waals surface area contributed by atoms with E-state index in [2.05, 4.69) is 36.9 Å². The van der Waals surface area contributed by atoms with Gasteiger partial charge >= 0.3 is 0 Å². The van der Waals surface area contributed by atoms with Crippen molar-refractivity contribution in [1.29, 1.82) is 0 Å². The highest BCUT2D eigenvalue weighted by atomic mass is 31.0. The van der Waals surface area contributed by atoms with Crippen molar-refractivity contribution in [3.05, 3.63) is 0 Å². The second-order valence-electron chi connectivity index (χ2n) is 4.70. The monoisotopic (exact) mass is 158 g/mol. The van der Waals surface area contributed by atoms with Crippen LogP contribution in [0.2, 0.25) is 0 Å². The molecule has 2 atom stereocenters. The third kappa shape index (κ3) is 1.53. The van der Waals surface area contributed by atoms with Gasteiger partial charge in [-0.05, 0) is 29.3 Å². The van der Waals surface area contributed by atoms with E-state index in [1.807, 2.05) is 0 Å². The summed E-state index contributed by atoms with van der Waals surface area (Å²) in [5.74, 6) is 0.838. The fourth-order valence-electron chi connectivity index (χ4n) is 1.53. The molecule has 2 unspecified atom stereocenters. The average molecular weight is 158 g/mol. The maximum atomic E-state index is 2.96. The van der Waals surface area contributed by atoms with Crippen LogP contribution in [0.4, 0.5) is 0 Å². The quantitative estimate of drug-likeness (QED) is 0.542. The van der Waals surface area contributed by atoms with Crippen LogP contribution in [0.1, 0.15) is 40.5 Å². The van der Waals surface area contributed by atoms with Crippen LogP contribution in [-0.2, 0) is 0 Å². The Balaban J connectivity index is 2.57. The lowest BCUT2D eigenvalue weighted by Crippen LogP contribution is -2.27. The molecule has 1 aliphatic carbocycles. The van der Waals surface area contributed by atoms with Crippen molar-refractivity contribution in [3.8, 4) is 0 Å². The number of hydrogen-bond acceptors (Lipinski definition) is 0. The molecule has 1 aliphatic rings. The lowest BCUT2D eigenvalue weighted by Gasteiger charge is -2.32. The van der Waals surface area contributed by atoms with Gasteiger partial charge in [0.05, 0.1) is 0 Å². The van der Waals surface area contributed by atoms with Crippen molar-refractivity contribution in [3.63, 3.8) is 0 Å². The van der Waals surface area contributed by atoms with Crippen LogP contribution in [0.15, 0.2) is 0 Å². The molecule has 0 aromatic heterocycles. The summed E-state index contributed by atoms with van der Waals surface area (Å²) in [6.07, 6.45) is 2.87. The molecule has 0 saturated heterocycles. The van der Waals surface area contributed by atoms with Crippen molar-refractivity contribution in [2.24, 2.45) is 11.3 Å². The van der Waals surface area contributed by atoms with E-state index in [0.29, 0.717) is 10.6 Å². The van der Waals surface area contributed by atoms with E-state index in [0.717, 1.165) is 5.92 Å². The van der Waals surface area contributed by atoms with Crippen molar-refractivity contribution in [1.82, 2.24) is 0 Å². The minimum Gasteiger partial charge on any atom is -0.131 e. The lowest BCUT2D eigenvalue weighted by molar-refractivity contribution is 0.302. The van der Waals surface area contributed by atoms with Crippen LogP contribution < -0.4 is 0 Å². The Morgan fingerprint density at radius 2 is 1.80 bits per heavy atom. The summed E-state index contributed by atoms with van der Waals surface area (Å²) in [6, 6.07) is 0. The third-order valence-electron chi connectivity index (χ3n) is 3.20. The first-order chi connectivity index (χ1) is 4.36. The maximum Gasteiger partial charge on any atom is -0.0176 e. The zero-order valence-electron chi connectivity index (χ0n) is 7.57. The molecule has 0 aliphatic heterocycles. The molecule has 60 valence electrons. The molecule has 1 saturated carbocycles. The molecule has 0 nitrogen and oxygen atoms in total. The zero-order chi connectivity index (χ0) is 7.99. The second-order valence-corrected chi connectivity index (χ2v) is 6.19. The topological polar surface area (TPSA) is 0 Å². The molecule has 0 amide bonds. The number of rotatable bonds is 2. The molecule has 0 aromatic rings. The van der Waals surface area contributed by atoms with Crippen LogP contribution in [0.3, 0.4) is 0 Å². The molecule has 1 rings (SSSR count). The Kier molecular flexibility index (Phi) is 1.88. The van der Waals surface area contributed by atoms with Gasteiger partial charge in [-0.15, -0.1) is 9.24 Å². The standard InChI is InChI=1S/C9H19P/c1-7(8(2,3)10)9(4)5-6-9/h7H,5-6,10H2,1-4H3. The molecule has 0 spiro atoms. The van der Waals surface area contributed by atoms with E-state index in [1.54, 1.807) is 0 Å². The van der Waals surface area contributed by atoms with Crippen LogP contribution in [-0.4, -0.2) is 5.16 Å². The number of hydrogen-bond donors (Lipinski definition) is 0. The largest absolute Gasteiger partial charge is 0.131 e. The van der Waals surface area contributed by atoms with Gasteiger partial charge < -0.3 is 0 Å². The van der Waals surface area contributed by atoms with Gasteiger partial charge in [0, 0.05) is 0 Å². The summed E-state index contributed by atoms with van der Waals surface area (Å²) < 4.78 is 0. The molecule has 0 aromatic carbocycles. The van der Waals surface area contributed by atoms with Gasteiger partial charge in [-0.2, -0.15) is 0 Å². The molecule has 10 heavy (non-hydrogen) atoms. The minimum absolute atomic E-state index is 0.422. The lowest BCUT2D eigenvalue weighted by atomic mass is 9.83. The summed E-state index contributed by atoms with van der Waals surface area (Å²) in [5, 5.41) is 0.422. The molecule has 0 N–H and O–H groups in total. The van der Waals surface area contributed by atoms with Gasteiger partial charge in [0.2, 0.25) is 0 Å². The Morgan fingerprint density at radius 3 is 1.90 bits per heavy atom. The molecule has 1 heteroatoms. The van der Waals surface area contributed by atoms with E-state index >= 15 is 0 Å². The first kappa shape index (κ1) is 8.53. The summed E-state index contributed by atoms with van der Waals surface area (Å²) in [4.78, 5) is 0. The molecule has 0 heterocycles. The van der Waals surface area contributed by atoms with Crippen molar-refractivity contribution < 1.29 is 0 Å². The third-order valence-corrected chi connectivity index (χ3v) is 3.70. The normalized spacial score (nSPS) is 26.1. The van der Waals surface area contributed by atoms with E-state index in [9.17, 15) is 0 Å². The Labute approximate surface area is 67.0 Å². The van der Waals surface area contributed by atoms with E-state index < -0.39 is 0 Å². The predicted molar refractivity (Wildman–Crippen MR) is 50.3 cm³/mol. The molecule has 0 radical (unpaired) electrons. The van der Waals surface area contributed by atoms with Gasteiger partial charge in [-0.3, -0.25) is 0 Å². The van der Waals surface area contributed by atoms with Gasteiger partial charge in [-0.1, -0.05) is 27.7 Å². The average Bonchev–Trinajstić information content (AvgIpc) is 2.45. The molecular formula is C9H19P. The predicted octanol–water partition coefficient (Wildman–Crippen LogP) is 3.08. The molecule has 0 bridgehead atoms. The first-order valence-electron chi connectivity index (χ1n) is 4.15. The van der Waals surface area contributed by atoms with Gasteiger partial charge in [0.1, 0.15) is 0 Å². The van der Waals surface area contributed by atoms with Gasteiger partial charge in [0.25, 0.3) is 0 Å². The molecular weight excluding hydrogens is 139 g/mol. The van der Waals surface area contributed by atoms with Gasteiger partial charge in [0.15, 0.2) is 0 Å². The fourth-order valence-corrected chi connectivity index (χ4v) is 1.93. The Morgan fingerprint density at radius 1 is 1.40 bits per heavy atom. The smallest absolute Gasteiger partial charge is 0.0176 e. The summed E-state index contributed by atoms with van der Waals surface area (Å²) in [7, 11) is 2.96. The van der Waals surface area contributed by atoms with Crippen LogP contribution in [0, 0.1) is 11.3 Å².